The molecule has 0 radical (unpaired) electrons. The average Bonchev–Trinajstić information content (AvgIpc) is 3.50. The number of nitrogens with zero attached hydrogens (tertiary/aromatic N) is 2. The van der Waals surface area contributed by atoms with Gasteiger partial charge >= 0.3 is 6.03 Å². The summed E-state index contributed by atoms with van der Waals surface area (Å²) in [4.78, 5) is 25.5. The predicted octanol–water partition coefficient (Wildman–Crippen LogP) is 4.89. The van der Waals surface area contributed by atoms with Crippen molar-refractivity contribution in [1.29, 1.82) is 0 Å². The van der Waals surface area contributed by atoms with Crippen LogP contribution in [-0.2, 0) is 0 Å². The number of amides is 2. The molecular weight excluding hydrogens is 432 g/mol. The summed E-state index contributed by atoms with van der Waals surface area (Å²) >= 11 is 0. The molecule has 3 aromatic rings. The van der Waals surface area contributed by atoms with Gasteiger partial charge in [0, 0.05) is 28.8 Å². The van der Waals surface area contributed by atoms with Crippen molar-refractivity contribution in [1.82, 2.24) is 15.1 Å². The van der Waals surface area contributed by atoms with Crippen LogP contribution in [0.2, 0.25) is 0 Å². The van der Waals surface area contributed by atoms with Crippen LogP contribution < -0.4 is 15.4 Å². The van der Waals surface area contributed by atoms with Crippen LogP contribution in [0.4, 0.5) is 10.5 Å². The number of carbonyl (C=O) groups excluding carboxylic acids is 2. The summed E-state index contributed by atoms with van der Waals surface area (Å²) in [5.74, 6) is 0.751. The number of hydrogen-bond acceptors (Lipinski definition) is 5. The molecule has 3 N–H and O–H groups in total. The highest BCUT2D eigenvalue weighted by Gasteiger charge is 2.30. The molecule has 5 rings (SSSR count). The van der Waals surface area contributed by atoms with Gasteiger partial charge in [0.1, 0.15) is 11.5 Å². The molecule has 0 saturated heterocycles. The minimum absolute atomic E-state index is 0.0338. The maximum Gasteiger partial charge on any atom is 0.342 e. The molecule has 2 fully saturated rings. The number of anilines is 1. The minimum Gasteiger partial charge on any atom is -0.507 e. The van der Waals surface area contributed by atoms with Gasteiger partial charge in [0.15, 0.2) is 0 Å². The third kappa shape index (κ3) is 4.62. The third-order valence-electron chi connectivity index (χ3n) is 6.32. The van der Waals surface area contributed by atoms with Gasteiger partial charge in [0.2, 0.25) is 0 Å². The number of phenols is 1. The summed E-state index contributed by atoms with van der Waals surface area (Å²) in [6, 6.07) is 13.6. The maximum atomic E-state index is 12.8. The van der Waals surface area contributed by atoms with Crippen molar-refractivity contribution in [2.45, 2.75) is 51.0 Å². The molecule has 0 atom stereocenters. The number of ether oxygens (including phenoxy) is 1. The number of rotatable bonds is 7. The Hall–Kier alpha value is -3.81. The van der Waals surface area contributed by atoms with Crippen molar-refractivity contribution in [2.24, 2.45) is 0 Å². The molecule has 0 bridgehead atoms. The van der Waals surface area contributed by atoms with E-state index in [1.54, 1.807) is 36.4 Å². The molecule has 2 aliphatic rings. The fourth-order valence-corrected chi connectivity index (χ4v) is 4.04. The lowest BCUT2D eigenvalue weighted by molar-refractivity contribution is 0.102. The lowest BCUT2D eigenvalue weighted by Crippen LogP contribution is -2.33. The molecule has 0 unspecified atom stereocenters. The largest absolute Gasteiger partial charge is 0.507 e. The van der Waals surface area contributed by atoms with Gasteiger partial charge in [-0.2, -0.15) is 9.78 Å². The highest BCUT2D eigenvalue weighted by molar-refractivity contribution is 6.04. The molecular formula is C26H28N4O4. The van der Waals surface area contributed by atoms with Crippen molar-refractivity contribution in [3.05, 3.63) is 59.8 Å². The van der Waals surface area contributed by atoms with Gasteiger partial charge in [-0.15, -0.1) is 0 Å². The Labute approximate surface area is 197 Å². The monoisotopic (exact) mass is 460 g/mol. The van der Waals surface area contributed by atoms with Gasteiger partial charge in [-0.1, -0.05) is 6.42 Å². The molecule has 2 saturated carbocycles. The van der Waals surface area contributed by atoms with E-state index in [1.807, 2.05) is 13.0 Å². The lowest BCUT2D eigenvalue weighted by atomic mass is 9.82. The minimum atomic E-state index is -0.274. The second-order valence-corrected chi connectivity index (χ2v) is 8.86. The molecule has 2 aromatic carbocycles. The standard InChI is InChI=1S/C26H28N4O4/c1-2-34-20-11-6-17(7-12-20)25(32)27-19-10-13-24(31)21(14-19)22-15-23(16-4-3-5-16)30(29-22)26(33)28-18-8-9-18/h6-7,10-16,18,31H,2-5,8-9H2,1H3,(H,27,32)(H,28,33). The summed E-state index contributed by atoms with van der Waals surface area (Å²) in [6.45, 7) is 2.46. The second kappa shape index (κ2) is 9.21. The van der Waals surface area contributed by atoms with Crippen LogP contribution in [0.5, 0.6) is 11.5 Å². The first-order valence-electron chi connectivity index (χ1n) is 11.8. The first kappa shape index (κ1) is 22.0. The molecule has 0 aliphatic heterocycles. The van der Waals surface area contributed by atoms with Crippen LogP contribution in [0, 0.1) is 0 Å². The van der Waals surface area contributed by atoms with Gasteiger partial charge in [-0.05, 0) is 81.1 Å². The van der Waals surface area contributed by atoms with Crippen molar-refractivity contribution >= 4 is 17.6 Å². The molecule has 1 aromatic heterocycles. The van der Waals surface area contributed by atoms with Gasteiger partial charge in [0.05, 0.1) is 18.0 Å². The maximum absolute atomic E-state index is 12.8. The van der Waals surface area contributed by atoms with Crippen LogP contribution in [0.3, 0.4) is 0 Å². The molecule has 8 nitrogen and oxygen atoms in total. The van der Waals surface area contributed by atoms with Crippen LogP contribution in [0.15, 0.2) is 48.5 Å². The van der Waals surface area contributed by atoms with E-state index >= 15 is 0 Å². The summed E-state index contributed by atoms with van der Waals surface area (Å²) in [6.07, 6.45) is 5.16. The van der Waals surface area contributed by atoms with Gasteiger partial charge in [-0.3, -0.25) is 4.79 Å². The Bertz CT molecular complexity index is 1210. The molecule has 2 amide bonds. The van der Waals surface area contributed by atoms with Crippen LogP contribution in [0.1, 0.15) is 61.0 Å². The van der Waals surface area contributed by atoms with Gasteiger partial charge in [0.25, 0.3) is 5.91 Å². The van der Waals surface area contributed by atoms with E-state index < -0.39 is 0 Å². The molecule has 176 valence electrons. The number of aromatic nitrogens is 2. The van der Waals surface area contributed by atoms with E-state index in [0.29, 0.717) is 34.9 Å². The van der Waals surface area contributed by atoms with E-state index in [2.05, 4.69) is 15.7 Å². The quantitative estimate of drug-likeness (QED) is 0.435. The fraction of sp³-hybridized carbons (Fsp3) is 0.346. The van der Waals surface area contributed by atoms with Gasteiger partial charge in [-0.25, -0.2) is 4.79 Å². The van der Waals surface area contributed by atoms with Crippen molar-refractivity contribution in [2.75, 3.05) is 11.9 Å². The van der Waals surface area contributed by atoms with Crippen molar-refractivity contribution in [3.8, 4) is 22.8 Å². The Balaban J connectivity index is 1.39. The Kier molecular flexibility index (Phi) is 5.96. The number of nitrogens with one attached hydrogen (secondary N) is 2. The fourth-order valence-electron chi connectivity index (χ4n) is 4.04. The number of benzene rings is 2. The van der Waals surface area contributed by atoms with Crippen LogP contribution in [-0.4, -0.2) is 39.5 Å². The van der Waals surface area contributed by atoms with Gasteiger partial charge < -0.3 is 20.5 Å². The predicted molar refractivity (Wildman–Crippen MR) is 128 cm³/mol. The normalized spacial score (nSPS) is 15.4. The molecule has 1 heterocycles. The van der Waals surface area contributed by atoms with Crippen molar-refractivity contribution < 1.29 is 19.4 Å². The summed E-state index contributed by atoms with van der Waals surface area (Å²) in [5, 5.41) is 21.0. The van der Waals surface area contributed by atoms with E-state index in [1.165, 1.54) is 10.7 Å². The zero-order valence-electron chi connectivity index (χ0n) is 19.1. The van der Waals surface area contributed by atoms with Crippen molar-refractivity contribution in [3.63, 3.8) is 0 Å². The SMILES string of the molecule is CCOc1ccc(C(=O)Nc2ccc(O)c(-c3cc(C4CCC4)n(C(=O)NC4CC4)n3)c2)cc1. The summed E-state index contributed by atoms with van der Waals surface area (Å²) in [7, 11) is 0. The molecule has 8 heteroatoms. The first-order chi connectivity index (χ1) is 16.5. The van der Waals surface area contributed by atoms with Crippen LogP contribution >= 0.6 is 0 Å². The number of aromatic hydroxyl groups is 1. The highest BCUT2D eigenvalue weighted by Crippen LogP contribution is 2.39. The zero-order valence-corrected chi connectivity index (χ0v) is 19.1. The topological polar surface area (TPSA) is 105 Å². The van der Waals surface area contributed by atoms with E-state index in [-0.39, 0.29) is 29.6 Å². The van der Waals surface area contributed by atoms with E-state index in [0.717, 1.165) is 37.8 Å². The average molecular weight is 461 g/mol. The smallest absolute Gasteiger partial charge is 0.342 e. The zero-order chi connectivity index (χ0) is 23.7. The molecule has 0 spiro atoms. The summed E-state index contributed by atoms with van der Waals surface area (Å²) < 4.78 is 6.87. The first-order valence-corrected chi connectivity index (χ1v) is 11.8. The van der Waals surface area contributed by atoms with Crippen LogP contribution in [0.25, 0.3) is 11.3 Å². The van der Waals surface area contributed by atoms with E-state index in [9.17, 15) is 14.7 Å². The second-order valence-electron chi connectivity index (χ2n) is 8.86. The molecule has 2 aliphatic carbocycles. The molecule has 34 heavy (non-hydrogen) atoms. The number of carbonyl (C=O) groups is 2. The summed E-state index contributed by atoms with van der Waals surface area (Å²) in [5.41, 5.74) is 2.84. The highest BCUT2D eigenvalue weighted by atomic mass is 16.5. The Morgan fingerprint density at radius 1 is 1.09 bits per heavy atom. The number of phenolic OH excluding ortho intramolecular Hbond substituents is 1. The van der Waals surface area contributed by atoms with E-state index in [4.69, 9.17) is 4.74 Å². The number of hydrogen-bond donors (Lipinski definition) is 3. The Morgan fingerprint density at radius 2 is 1.85 bits per heavy atom. The third-order valence-corrected chi connectivity index (χ3v) is 6.32. The Morgan fingerprint density at radius 3 is 2.50 bits per heavy atom. The lowest BCUT2D eigenvalue weighted by Gasteiger charge is -2.25.